The molecule has 1 saturated carbocycles. The van der Waals surface area contributed by atoms with Crippen LogP contribution in [0.5, 0.6) is 0 Å². The molecule has 1 aliphatic carbocycles. The van der Waals surface area contributed by atoms with Gasteiger partial charge >= 0.3 is 0 Å². The molecule has 2 unspecified atom stereocenters. The van der Waals surface area contributed by atoms with Crippen LogP contribution in [0.25, 0.3) is 0 Å². The summed E-state index contributed by atoms with van der Waals surface area (Å²) in [6.45, 7) is 5.71. The Morgan fingerprint density at radius 3 is 2.90 bits per heavy atom. The highest BCUT2D eigenvalue weighted by Crippen LogP contribution is 2.32. The van der Waals surface area contributed by atoms with Crippen LogP contribution in [-0.2, 0) is 0 Å². The number of nitrogens with one attached hydrogen (secondary N) is 1. The van der Waals surface area contributed by atoms with E-state index in [4.69, 9.17) is 0 Å². The molecule has 1 heterocycles. The van der Waals surface area contributed by atoms with Crippen LogP contribution in [0.4, 0.5) is 4.39 Å². The number of rotatable bonds is 5. The molecule has 1 aromatic carbocycles. The fourth-order valence-corrected chi connectivity index (χ4v) is 3.80. The predicted octanol–water partition coefficient (Wildman–Crippen LogP) is 3.72. The highest BCUT2D eigenvalue weighted by molar-refractivity contribution is 9.10. The Labute approximate surface area is 128 Å². The summed E-state index contributed by atoms with van der Waals surface area (Å²) in [5.41, 5.74) is 1.13. The van der Waals surface area contributed by atoms with Gasteiger partial charge in [0.2, 0.25) is 0 Å². The quantitative estimate of drug-likeness (QED) is 0.878. The molecular formula is C16H22BrFN2. The van der Waals surface area contributed by atoms with Crippen molar-refractivity contribution in [3.63, 3.8) is 0 Å². The summed E-state index contributed by atoms with van der Waals surface area (Å²) in [6, 6.07) is 6.08. The van der Waals surface area contributed by atoms with Crippen molar-refractivity contribution in [1.29, 1.82) is 0 Å². The Bertz CT molecular complexity index is 476. The molecule has 1 aromatic rings. The summed E-state index contributed by atoms with van der Waals surface area (Å²) in [5.74, 6) is 0.570. The lowest BCUT2D eigenvalue weighted by Gasteiger charge is -2.19. The minimum Gasteiger partial charge on any atom is -0.310 e. The minimum atomic E-state index is -0.191. The molecule has 3 rings (SSSR count). The van der Waals surface area contributed by atoms with E-state index >= 15 is 0 Å². The van der Waals surface area contributed by atoms with Crippen LogP contribution in [0, 0.1) is 11.7 Å². The number of hydrogen-bond acceptors (Lipinski definition) is 2. The summed E-state index contributed by atoms with van der Waals surface area (Å²) >= 11 is 3.45. The smallest absolute Gasteiger partial charge is 0.124 e. The highest BCUT2D eigenvalue weighted by atomic mass is 79.9. The van der Waals surface area contributed by atoms with Crippen molar-refractivity contribution in [3.05, 3.63) is 34.1 Å². The van der Waals surface area contributed by atoms with Crippen molar-refractivity contribution in [1.82, 2.24) is 10.2 Å². The second kappa shape index (κ2) is 6.12. The van der Waals surface area contributed by atoms with E-state index < -0.39 is 0 Å². The van der Waals surface area contributed by atoms with Crippen molar-refractivity contribution in [2.75, 3.05) is 19.6 Å². The van der Waals surface area contributed by atoms with Crippen molar-refractivity contribution < 1.29 is 4.39 Å². The zero-order valence-electron chi connectivity index (χ0n) is 11.9. The summed E-state index contributed by atoms with van der Waals surface area (Å²) in [7, 11) is 0. The van der Waals surface area contributed by atoms with Gasteiger partial charge in [-0.2, -0.15) is 0 Å². The monoisotopic (exact) mass is 340 g/mol. The third kappa shape index (κ3) is 3.41. The van der Waals surface area contributed by atoms with Crippen LogP contribution in [-0.4, -0.2) is 30.6 Å². The topological polar surface area (TPSA) is 15.3 Å². The largest absolute Gasteiger partial charge is 0.310 e. The molecule has 0 spiro atoms. The summed E-state index contributed by atoms with van der Waals surface area (Å²) in [4.78, 5) is 2.64. The fourth-order valence-electron chi connectivity index (χ4n) is 3.11. The highest BCUT2D eigenvalue weighted by Gasteiger charge is 2.34. The van der Waals surface area contributed by atoms with Crippen molar-refractivity contribution in [2.24, 2.45) is 5.92 Å². The number of hydrogen-bond donors (Lipinski definition) is 1. The Kier molecular flexibility index (Phi) is 4.43. The zero-order chi connectivity index (χ0) is 14.1. The van der Waals surface area contributed by atoms with Gasteiger partial charge in [-0.25, -0.2) is 4.39 Å². The van der Waals surface area contributed by atoms with Gasteiger partial charge in [-0.3, -0.25) is 0 Å². The first-order valence-electron chi connectivity index (χ1n) is 7.56. The van der Waals surface area contributed by atoms with E-state index in [2.05, 4.69) is 33.1 Å². The molecule has 0 amide bonds. The molecule has 0 aromatic heterocycles. The van der Waals surface area contributed by atoms with E-state index in [0.29, 0.717) is 0 Å². The second-order valence-electron chi connectivity index (χ2n) is 6.18. The van der Waals surface area contributed by atoms with Gasteiger partial charge in [-0.1, -0.05) is 22.0 Å². The lowest BCUT2D eigenvalue weighted by molar-refractivity contribution is 0.310. The second-order valence-corrected chi connectivity index (χ2v) is 7.03. The first kappa shape index (κ1) is 14.5. The van der Waals surface area contributed by atoms with E-state index in [0.717, 1.165) is 28.5 Å². The van der Waals surface area contributed by atoms with E-state index in [1.54, 1.807) is 0 Å². The third-order valence-electron chi connectivity index (χ3n) is 4.52. The molecule has 2 fully saturated rings. The number of nitrogens with zero attached hydrogens (tertiary/aromatic N) is 1. The first-order chi connectivity index (χ1) is 9.63. The van der Waals surface area contributed by atoms with Crippen molar-refractivity contribution in [2.45, 2.75) is 38.3 Å². The van der Waals surface area contributed by atoms with E-state index in [1.807, 2.05) is 6.07 Å². The van der Waals surface area contributed by atoms with Crippen LogP contribution in [0.15, 0.2) is 22.7 Å². The predicted molar refractivity (Wildman–Crippen MR) is 83.2 cm³/mol. The molecule has 0 radical (unpaired) electrons. The van der Waals surface area contributed by atoms with E-state index in [-0.39, 0.29) is 11.9 Å². The van der Waals surface area contributed by atoms with Gasteiger partial charge in [0.05, 0.1) is 0 Å². The Morgan fingerprint density at radius 2 is 2.20 bits per heavy atom. The minimum absolute atomic E-state index is 0.191. The molecule has 4 heteroatoms. The molecule has 0 bridgehead atoms. The van der Waals surface area contributed by atoms with Gasteiger partial charge in [-0.05, 0) is 62.9 Å². The van der Waals surface area contributed by atoms with Crippen molar-refractivity contribution in [3.8, 4) is 0 Å². The van der Waals surface area contributed by atoms with Gasteiger partial charge < -0.3 is 10.2 Å². The van der Waals surface area contributed by atoms with Crippen LogP contribution in [0.1, 0.15) is 37.8 Å². The third-order valence-corrected chi connectivity index (χ3v) is 5.21. The van der Waals surface area contributed by atoms with Crippen LogP contribution < -0.4 is 5.32 Å². The number of halogens is 2. The van der Waals surface area contributed by atoms with Gasteiger partial charge in [0, 0.05) is 23.1 Å². The average molecular weight is 341 g/mol. The lowest BCUT2D eigenvalue weighted by Crippen LogP contribution is -2.29. The van der Waals surface area contributed by atoms with E-state index in [9.17, 15) is 4.39 Å². The number of benzene rings is 1. The maximum absolute atomic E-state index is 13.1. The van der Waals surface area contributed by atoms with Crippen LogP contribution >= 0.6 is 15.9 Å². The maximum Gasteiger partial charge on any atom is 0.124 e. The Balaban J connectivity index is 1.50. The molecule has 2 nitrogen and oxygen atoms in total. The molecule has 20 heavy (non-hydrogen) atoms. The molecule has 2 aliphatic rings. The summed E-state index contributed by atoms with van der Waals surface area (Å²) in [5, 5.41) is 3.60. The zero-order valence-corrected chi connectivity index (χ0v) is 13.5. The average Bonchev–Trinajstić information content (AvgIpc) is 3.15. The van der Waals surface area contributed by atoms with Crippen LogP contribution in [0.2, 0.25) is 0 Å². The molecular weight excluding hydrogens is 319 g/mol. The van der Waals surface area contributed by atoms with Gasteiger partial charge in [-0.15, -0.1) is 0 Å². The molecule has 1 saturated heterocycles. The summed E-state index contributed by atoms with van der Waals surface area (Å²) in [6.07, 6.45) is 4.11. The summed E-state index contributed by atoms with van der Waals surface area (Å²) < 4.78 is 14.0. The van der Waals surface area contributed by atoms with Crippen LogP contribution in [0.3, 0.4) is 0 Å². The van der Waals surface area contributed by atoms with Gasteiger partial charge in [0.1, 0.15) is 5.82 Å². The van der Waals surface area contributed by atoms with Crippen molar-refractivity contribution >= 4 is 15.9 Å². The Morgan fingerprint density at radius 1 is 1.40 bits per heavy atom. The first-order valence-corrected chi connectivity index (χ1v) is 8.35. The molecule has 1 N–H and O–H groups in total. The molecule has 1 aliphatic heterocycles. The van der Waals surface area contributed by atoms with Gasteiger partial charge in [0.25, 0.3) is 0 Å². The maximum atomic E-state index is 13.1. The molecule has 110 valence electrons. The molecule has 2 atom stereocenters. The SMILES string of the molecule is CC(NCC1CCN(C2CC2)C1)c1ccc(F)cc1Br. The number of likely N-dealkylation sites (tertiary alicyclic amines) is 1. The van der Waals surface area contributed by atoms with E-state index in [1.165, 1.54) is 44.5 Å². The fraction of sp³-hybridized carbons (Fsp3) is 0.625. The van der Waals surface area contributed by atoms with Gasteiger partial charge in [0.15, 0.2) is 0 Å². The normalized spacial score (nSPS) is 25.1. The standard InChI is InChI=1S/C16H22BrFN2/c1-11(15-5-2-13(18)8-16(15)17)19-9-12-6-7-20(10-12)14-3-4-14/h2,5,8,11-12,14,19H,3-4,6-7,9-10H2,1H3. The lowest BCUT2D eigenvalue weighted by atomic mass is 10.1. The Hall–Kier alpha value is -0.450.